The van der Waals surface area contributed by atoms with Crippen molar-refractivity contribution in [3.63, 3.8) is 0 Å². The fourth-order valence-corrected chi connectivity index (χ4v) is 2.62. The topological polar surface area (TPSA) is 64.9 Å². The Hall–Kier alpha value is -2.07. The molecule has 124 valence electrons. The second-order valence-electron chi connectivity index (χ2n) is 5.79. The van der Waals surface area contributed by atoms with E-state index in [9.17, 15) is 23.2 Å². The molecule has 0 aliphatic carbocycles. The van der Waals surface area contributed by atoms with E-state index in [2.05, 4.69) is 16.7 Å². The van der Waals surface area contributed by atoms with Gasteiger partial charge in [-0.25, -0.2) is 0 Å². The summed E-state index contributed by atoms with van der Waals surface area (Å²) in [5.74, 6) is -0.389. The van der Waals surface area contributed by atoms with Crippen LogP contribution < -0.4 is 10.6 Å². The van der Waals surface area contributed by atoms with Crippen LogP contribution in [0.25, 0.3) is 0 Å². The van der Waals surface area contributed by atoms with E-state index in [1.807, 2.05) is 0 Å². The van der Waals surface area contributed by atoms with Crippen LogP contribution in [-0.2, 0) is 11.0 Å². The third-order valence-electron chi connectivity index (χ3n) is 4.12. The van der Waals surface area contributed by atoms with Crippen LogP contribution >= 0.6 is 0 Å². The predicted octanol–water partition coefficient (Wildman–Crippen LogP) is 2.78. The van der Waals surface area contributed by atoms with Gasteiger partial charge in [0.05, 0.1) is 17.7 Å². The Labute approximate surface area is 132 Å². The van der Waals surface area contributed by atoms with Crippen LogP contribution in [0, 0.1) is 16.7 Å². The van der Waals surface area contributed by atoms with Crippen molar-refractivity contribution in [3.8, 4) is 6.07 Å². The molecule has 0 spiro atoms. The van der Waals surface area contributed by atoms with Gasteiger partial charge in [0.2, 0.25) is 5.91 Å². The molecular formula is C16H18F3N3O. The van der Waals surface area contributed by atoms with Gasteiger partial charge in [-0.2, -0.15) is 18.4 Å². The molecule has 0 bridgehead atoms. The average Bonchev–Trinajstić information content (AvgIpc) is 2.54. The first-order valence-corrected chi connectivity index (χ1v) is 7.38. The van der Waals surface area contributed by atoms with E-state index in [-0.39, 0.29) is 12.5 Å². The summed E-state index contributed by atoms with van der Waals surface area (Å²) in [7, 11) is 0. The van der Waals surface area contributed by atoms with Crippen LogP contribution in [-0.4, -0.2) is 19.0 Å². The molecule has 2 unspecified atom stereocenters. The summed E-state index contributed by atoms with van der Waals surface area (Å²) in [5, 5.41) is 15.1. The number of amides is 1. The van der Waals surface area contributed by atoms with Crippen molar-refractivity contribution in [2.45, 2.75) is 32.0 Å². The lowest BCUT2D eigenvalue weighted by Gasteiger charge is -2.31. The predicted molar refractivity (Wildman–Crippen MR) is 78.2 cm³/mol. The normalized spacial score (nSPS) is 22.9. The second kappa shape index (κ2) is 6.59. The minimum Gasteiger partial charge on any atom is -0.348 e. The fraction of sp³-hybridized carbons (Fsp3) is 0.500. The molecule has 1 aromatic rings. The Balaban J connectivity index is 2.08. The maximum absolute atomic E-state index is 12.6. The number of carbonyl (C=O) groups is 1. The number of nitriles is 1. The Morgan fingerprint density at radius 2 is 2.04 bits per heavy atom. The lowest BCUT2D eigenvalue weighted by molar-refractivity contribution is -0.137. The molecule has 1 aliphatic rings. The standard InChI is InChI=1S/C16H18F3N3O/c1-11(12-3-5-13(6-4-12)16(17,18)19)22-14(23)15(9-20)7-2-8-21-10-15/h3-6,11,21H,2,7-8,10H2,1H3,(H,22,23). The minimum absolute atomic E-state index is 0.287. The van der Waals surface area contributed by atoms with E-state index in [0.717, 1.165) is 25.1 Å². The van der Waals surface area contributed by atoms with Gasteiger partial charge >= 0.3 is 6.18 Å². The van der Waals surface area contributed by atoms with Gasteiger partial charge in [0.15, 0.2) is 0 Å². The maximum atomic E-state index is 12.6. The molecule has 0 aromatic heterocycles. The monoisotopic (exact) mass is 325 g/mol. The molecule has 1 amide bonds. The number of nitrogens with zero attached hydrogens (tertiary/aromatic N) is 1. The summed E-state index contributed by atoms with van der Waals surface area (Å²) in [6.07, 6.45) is -3.18. The molecule has 2 N–H and O–H groups in total. The van der Waals surface area contributed by atoms with Crippen molar-refractivity contribution >= 4 is 5.91 Å². The highest BCUT2D eigenvalue weighted by atomic mass is 19.4. The van der Waals surface area contributed by atoms with Crippen LogP contribution in [0.5, 0.6) is 0 Å². The maximum Gasteiger partial charge on any atom is 0.416 e. The molecule has 4 nitrogen and oxygen atoms in total. The van der Waals surface area contributed by atoms with Crippen molar-refractivity contribution in [2.24, 2.45) is 5.41 Å². The molecule has 1 fully saturated rings. The number of rotatable bonds is 3. The first-order chi connectivity index (χ1) is 10.8. The first-order valence-electron chi connectivity index (χ1n) is 7.38. The zero-order chi connectivity index (χ0) is 17.1. The summed E-state index contributed by atoms with van der Waals surface area (Å²) in [4.78, 5) is 12.4. The lowest BCUT2D eigenvalue weighted by Crippen LogP contribution is -2.50. The smallest absolute Gasteiger partial charge is 0.348 e. The molecule has 1 aromatic carbocycles. The van der Waals surface area contributed by atoms with E-state index in [4.69, 9.17) is 0 Å². The first kappa shape index (κ1) is 17.3. The number of nitrogens with one attached hydrogen (secondary N) is 2. The van der Waals surface area contributed by atoms with E-state index < -0.39 is 23.2 Å². The largest absolute Gasteiger partial charge is 0.416 e. The minimum atomic E-state index is -4.39. The molecule has 23 heavy (non-hydrogen) atoms. The van der Waals surface area contributed by atoms with Gasteiger partial charge in [-0.15, -0.1) is 0 Å². The summed E-state index contributed by atoms with van der Waals surface area (Å²) >= 11 is 0. The molecule has 2 rings (SSSR count). The Kier molecular flexibility index (Phi) is 4.95. The van der Waals surface area contributed by atoms with Crippen molar-refractivity contribution < 1.29 is 18.0 Å². The van der Waals surface area contributed by atoms with Crippen LogP contribution in [0.4, 0.5) is 13.2 Å². The lowest BCUT2D eigenvalue weighted by atomic mass is 9.81. The summed E-state index contributed by atoms with van der Waals surface area (Å²) in [5.41, 5.74) is -1.29. The third kappa shape index (κ3) is 3.82. The molecule has 1 heterocycles. The Morgan fingerprint density at radius 1 is 1.39 bits per heavy atom. The molecule has 7 heteroatoms. The number of halogens is 3. The third-order valence-corrected chi connectivity index (χ3v) is 4.12. The SMILES string of the molecule is CC(NC(=O)C1(C#N)CCCNC1)c1ccc(C(F)(F)F)cc1. The quantitative estimate of drug-likeness (QED) is 0.898. The van der Waals surface area contributed by atoms with Crippen LogP contribution in [0.2, 0.25) is 0 Å². The number of benzene rings is 1. The Morgan fingerprint density at radius 3 is 2.52 bits per heavy atom. The zero-order valence-electron chi connectivity index (χ0n) is 12.7. The highest BCUT2D eigenvalue weighted by Gasteiger charge is 2.40. The average molecular weight is 325 g/mol. The van der Waals surface area contributed by atoms with Gasteiger partial charge in [0, 0.05) is 6.54 Å². The van der Waals surface area contributed by atoms with Crippen LogP contribution in [0.15, 0.2) is 24.3 Å². The van der Waals surface area contributed by atoms with Crippen molar-refractivity contribution in [1.29, 1.82) is 5.26 Å². The van der Waals surface area contributed by atoms with Gasteiger partial charge in [0.1, 0.15) is 5.41 Å². The van der Waals surface area contributed by atoms with E-state index in [0.29, 0.717) is 12.0 Å². The van der Waals surface area contributed by atoms with Gasteiger partial charge < -0.3 is 10.6 Å². The van der Waals surface area contributed by atoms with Gasteiger partial charge in [0.25, 0.3) is 0 Å². The number of hydrogen-bond donors (Lipinski definition) is 2. The number of carbonyl (C=O) groups excluding carboxylic acids is 1. The number of piperidine rings is 1. The summed E-state index contributed by atoms with van der Waals surface area (Å²) < 4.78 is 37.7. The molecule has 1 saturated heterocycles. The van der Waals surface area contributed by atoms with E-state index in [1.54, 1.807) is 6.92 Å². The highest BCUT2D eigenvalue weighted by molar-refractivity contribution is 5.86. The van der Waals surface area contributed by atoms with Crippen molar-refractivity contribution in [2.75, 3.05) is 13.1 Å². The zero-order valence-corrected chi connectivity index (χ0v) is 12.7. The van der Waals surface area contributed by atoms with Crippen molar-refractivity contribution in [3.05, 3.63) is 35.4 Å². The van der Waals surface area contributed by atoms with Crippen LogP contribution in [0.1, 0.15) is 36.9 Å². The van der Waals surface area contributed by atoms with E-state index >= 15 is 0 Å². The molecule has 0 saturated carbocycles. The van der Waals surface area contributed by atoms with Gasteiger partial charge in [-0.3, -0.25) is 4.79 Å². The van der Waals surface area contributed by atoms with Crippen LogP contribution in [0.3, 0.4) is 0 Å². The molecule has 0 radical (unpaired) electrons. The number of alkyl halides is 3. The van der Waals surface area contributed by atoms with Gasteiger partial charge in [-0.05, 0) is 44.0 Å². The fourth-order valence-electron chi connectivity index (χ4n) is 2.62. The summed E-state index contributed by atoms with van der Waals surface area (Å²) in [6.45, 7) is 2.74. The molecule has 2 atom stereocenters. The van der Waals surface area contributed by atoms with Crippen molar-refractivity contribution in [1.82, 2.24) is 10.6 Å². The van der Waals surface area contributed by atoms with Gasteiger partial charge in [-0.1, -0.05) is 12.1 Å². The Bertz CT molecular complexity index is 598. The summed E-state index contributed by atoms with van der Waals surface area (Å²) in [6, 6.07) is 6.26. The highest BCUT2D eigenvalue weighted by Crippen LogP contribution is 2.30. The van der Waals surface area contributed by atoms with E-state index in [1.165, 1.54) is 12.1 Å². The molecule has 1 aliphatic heterocycles. The molecular weight excluding hydrogens is 307 g/mol. The second-order valence-corrected chi connectivity index (χ2v) is 5.79. The number of hydrogen-bond acceptors (Lipinski definition) is 3.